The van der Waals surface area contributed by atoms with Gasteiger partial charge in [-0.1, -0.05) is 38.1 Å². The van der Waals surface area contributed by atoms with E-state index in [2.05, 4.69) is 33.9 Å². The van der Waals surface area contributed by atoms with Crippen molar-refractivity contribution in [1.82, 2.24) is 15.1 Å². The maximum atomic E-state index is 14.3. The number of para-hydroxylation sites is 1. The molecule has 0 spiro atoms. The zero-order valence-corrected chi connectivity index (χ0v) is 22.3. The van der Waals surface area contributed by atoms with Gasteiger partial charge < -0.3 is 15.1 Å². The van der Waals surface area contributed by atoms with Crippen LogP contribution in [0.3, 0.4) is 0 Å². The fourth-order valence-electron chi connectivity index (χ4n) is 5.99. The summed E-state index contributed by atoms with van der Waals surface area (Å²) in [5, 5.41) is 3.03. The van der Waals surface area contributed by atoms with E-state index in [0.717, 1.165) is 64.2 Å². The Bertz CT molecular complexity index is 1010. The lowest BCUT2D eigenvalue weighted by atomic mass is 9.86. The summed E-state index contributed by atoms with van der Waals surface area (Å²) in [4.78, 5) is 20.0. The van der Waals surface area contributed by atoms with Crippen molar-refractivity contribution in [2.75, 3.05) is 57.3 Å². The van der Waals surface area contributed by atoms with Crippen LogP contribution in [0.1, 0.15) is 38.7 Å². The molecule has 2 heterocycles. The number of nitrogens with zero attached hydrogens (tertiary/aromatic N) is 3. The standard InChI is InChI=1S/C30H42F2N4O/c1-23(2)21-34-15-13-28(35-16-18-36(19-17-35)29-9-4-3-8-27(29)32)25(22-34)10-11-30(37)33-14-12-24-6-5-7-26(31)20-24/h3-9,20,23,25,28H,10-19,21-22H2,1-2H3,(H,33,37)/t25-,28+/m1/s1. The van der Waals surface area contributed by atoms with Gasteiger partial charge in [0, 0.05) is 58.3 Å². The summed E-state index contributed by atoms with van der Waals surface area (Å²) in [6.45, 7) is 11.7. The zero-order chi connectivity index (χ0) is 26.2. The summed E-state index contributed by atoms with van der Waals surface area (Å²) in [6, 6.07) is 14.0. The molecule has 37 heavy (non-hydrogen) atoms. The smallest absolute Gasteiger partial charge is 0.220 e. The number of likely N-dealkylation sites (tertiary alicyclic amines) is 1. The molecule has 2 saturated heterocycles. The Balaban J connectivity index is 1.30. The van der Waals surface area contributed by atoms with E-state index in [1.165, 1.54) is 18.2 Å². The third-order valence-electron chi connectivity index (χ3n) is 7.74. The maximum absolute atomic E-state index is 14.3. The lowest BCUT2D eigenvalue weighted by Gasteiger charge is -2.47. The normalized spacial score (nSPS) is 21.4. The first-order chi connectivity index (χ1) is 17.9. The first-order valence-corrected chi connectivity index (χ1v) is 13.9. The molecule has 0 aliphatic carbocycles. The minimum absolute atomic E-state index is 0.0699. The average Bonchev–Trinajstić information content (AvgIpc) is 2.88. The first-order valence-electron chi connectivity index (χ1n) is 13.9. The number of benzene rings is 2. The fraction of sp³-hybridized carbons (Fsp3) is 0.567. The van der Waals surface area contributed by atoms with Crippen LogP contribution in [0.25, 0.3) is 0 Å². The molecule has 1 amide bonds. The molecule has 2 fully saturated rings. The van der Waals surface area contributed by atoms with Crippen molar-refractivity contribution < 1.29 is 13.6 Å². The van der Waals surface area contributed by atoms with Crippen molar-refractivity contribution in [3.05, 3.63) is 65.7 Å². The fourth-order valence-corrected chi connectivity index (χ4v) is 5.99. The summed E-state index contributed by atoms with van der Waals surface area (Å²) in [5.41, 5.74) is 1.59. The van der Waals surface area contributed by atoms with Crippen LogP contribution < -0.4 is 10.2 Å². The molecule has 2 aliphatic heterocycles. The number of hydrogen-bond donors (Lipinski definition) is 1. The molecule has 4 rings (SSSR count). The maximum Gasteiger partial charge on any atom is 0.220 e. The van der Waals surface area contributed by atoms with Crippen molar-refractivity contribution in [1.29, 1.82) is 0 Å². The van der Waals surface area contributed by atoms with Crippen LogP contribution in [0.4, 0.5) is 14.5 Å². The Labute approximate surface area is 220 Å². The predicted octanol–water partition coefficient (Wildman–Crippen LogP) is 4.57. The first kappa shape index (κ1) is 27.5. The number of piperazine rings is 1. The number of carbonyl (C=O) groups excluding carboxylic acids is 1. The molecule has 0 unspecified atom stereocenters. The van der Waals surface area contributed by atoms with Gasteiger partial charge in [-0.2, -0.15) is 0 Å². The average molecular weight is 513 g/mol. The number of nitrogens with one attached hydrogen (secondary N) is 1. The molecule has 2 aliphatic rings. The van der Waals surface area contributed by atoms with E-state index in [9.17, 15) is 13.6 Å². The van der Waals surface area contributed by atoms with Crippen LogP contribution in [0, 0.1) is 23.5 Å². The summed E-state index contributed by atoms with van der Waals surface area (Å²) in [7, 11) is 0. The van der Waals surface area contributed by atoms with Gasteiger partial charge in [-0.15, -0.1) is 0 Å². The monoisotopic (exact) mass is 512 g/mol. The Kier molecular flexibility index (Phi) is 9.92. The number of rotatable bonds is 10. The summed E-state index contributed by atoms with van der Waals surface area (Å²) < 4.78 is 27.7. The van der Waals surface area contributed by atoms with Crippen molar-refractivity contribution >= 4 is 11.6 Å². The second-order valence-electron chi connectivity index (χ2n) is 11.0. The minimum Gasteiger partial charge on any atom is -0.367 e. The molecule has 0 bridgehead atoms. The molecule has 7 heteroatoms. The highest BCUT2D eigenvalue weighted by atomic mass is 19.1. The van der Waals surface area contributed by atoms with Crippen LogP contribution in [0.2, 0.25) is 0 Å². The van der Waals surface area contributed by atoms with E-state index in [1.807, 2.05) is 18.2 Å². The molecule has 2 aromatic carbocycles. The second kappa shape index (κ2) is 13.3. The highest BCUT2D eigenvalue weighted by Gasteiger charge is 2.35. The third-order valence-corrected chi connectivity index (χ3v) is 7.74. The number of carbonyl (C=O) groups is 1. The van der Waals surface area contributed by atoms with E-state index in [-0.39, 0.29) is 17.5 Å². The predicted molar refractivity (Wildman–Crippen MR) is 146 cm³/mol. The van der Waals surface area contributed by atoms with Crippen LogP contribution >= 0.6 is 0 Å². The lowest BCUT2D eigenvalue weighted by Crippen LogP contribution is -2.57. The highest BCUT2D eigenvalue weighted by Crippen LogP contribution is 2.29. The van der Waals surface area contributed by atoms with Crippen LogP contribution in [0.5, 0.6) is 0 Å². The number of piperidine rings is 1. The van der Waals surface area contributed by atoms with Gasteiger partial charge in [0.1, 0.15) is 11.6 Å². The van der Waals surface area contributed by atoms with Crippen LogP contribution in [-0.4, -0.2) is 74.1 Å². The molecule has 0 radical (unpaired) electrons. The molecule has 5 nitrogen and oxygen atoms in total. The zero-order valence-electron chi connectivity index (χ0n) is 22.3. The summed E-state index contributed by atoms with van der Waals surface area (Å²) in [6.07, 6.45) is 3.11. The number of anilines is 1. The van der Waals surface area contributed by atoms with Gasteiger partial charge in [-0.25, -0.2) is 8.78 Å². The van der Waals surface area contributed by atoms with E-state index >= 15 is 0 Å². The molecule has 2 aromatic rings. The van der Waals surface area contributed by atoms with Crippen molar-refractivity contribution in [2.45, 2.75) is 45.6 Å². The summed E-state index contributed by atoms with van der Waals surface area (Å²) >= 11 is 0. The Morgan fingerprint density at radius 2 is 1.81 bits per heavy atom. The Hall–Kier alpha value is -2.51. The van der Waals surface area contributed by atoms with Crippen molar-refractivity contribution in [2.24, 2.45) is 11.8 Å². The van der Waals surface area contributed by atoms with Crippen molar-refractivity contribution in [3.63, 3.8) is 0 Å². The minimum atomic E-state index is -0.243. The van der Waals surface area contributed by atoms with Gasteiger partial charge in [0.05, 0.1) is 5.69 Å². The molecular formula is C30H42F2N4O. The molecule has 0 aromatic heterocycles. The topological polar surface area (TPSA) is 38.8 Å². The van der Waals surface area contributed by atoms with Gasteiger partial charge in [-0.3, -0.25) is 9.69 Å². The van der Waals surface area contributed by atoms with E-state index in [1.54, 1.807) is 12.1 Å². The quantitative estimate of drug-likeness (QED) is 0.506. The van der Waals surface area contributed by atoms with Crippen LogP contribution in [-0.2, 0) is 11.2 Å². The van der Waals surface area contributed by atoms with Crippen LogP contribution in [0.15, 0.2) is 48.5 Å². The van der Waals surface area contributed by atoms with E-state index < -0.39 is 0 Å². The van der Waals surface area contributed by atoms with Gasteiger partial charge in [0.2, 0.25) is 5.91 Å². The second-order valence-corrected chi connectivity index (χ2v) is 11.0. The molecule has 1 N–H and O–H groups in total. The van der Waals surface area contributed by atoms with Gasteiger partial charge >= 0.3 is 0 Å². The van der Waals surface area contributed by atoms with Gasteiger partial charge in [0.25, 0.3) is 0 Å². The number of hydrogen-bond acceptors (Lipinski definition) is 4. The van der Waals surface area contributed by atoms with Crippen molar-refractivity contribution in [3.8, 4) is 0 Å². The van der Waals surface area contributed by atoms with Gasteiger partial charge in [-0.05, 0) is 67.5 Å². The Morgan fingerprint density at radius 1 is 1.03 bits per heavy atom. The molecule has 202 valence electrons. The largest absolute Gasteiger partial charge is 0.367 e. The molecule has 0 saturated carbocycles. The lowest BCUT2D eigenvalue weighted by molar-refractivity contribution is -0.121. The number of amides is 1. The van der Waals surface area contributed by atoms with Gasteiger partial charge in [0.15, 0.2) is 0 Å². The van der Waals surface area contributed by atoms with E-state index in [0.29, 0.717) is 43.0 Å². The highest BCUT2D eigenvalue weighted by molar-refractivity contribution is 5.75. The number of halogens is 2. The third kappa shape index (κ3) is 7.99. The molecular weight excluding hydrogens is 470 g/mol. The Morgan fingerprint density at radius 3 is 2.54 bits per heavy atom. The molecule has 2 atom stereocenters. The SMILES string of the molecule is CC(C)CN1CC[C@H](N2CCN(c3ccccc3F)CC2)[C@H](CCC(=O)NCCc2cccc(F)c2)C1. The van der Waals surface area contributed by atoms with E-state index in [4.69, 9.17) is 0 Å². The summed E-state index contributed by atoms with van der Waals surface area (Å²) in [5.74, 6) is 0.724.